The van der Waals surface area contributed by atoms with Crippen LogP contribution in [-0.2, 0) is 9.53 Å². The molecule has 0 aromatic carbocycles. The molecule has 1 aliphatic rings. The van der Waals surface area contributed by atoms with Gasteiger partial charge in [0.15, 0.2) is 0 Å². The Hall–Kier alpha value is -0.220. The molecule has 1 atom stereocenters. The summed E-state index contributed by atoms with van der Waals surface area (Å²) in [6.07, 6.45) is 2.13. The predicted octanol–water partition coefficient (Wildman–Crippen LogP) is 1.66. The molecular weight excluding hydrogens is 210 g/mol. The maximum atomic E-state index is 11.6. The molecule has 15 heavy (non-hydrogen) atoms. The zero-order valence-electron chi connectivity index (χ0n) is 9.79. The van der Waals surface area contributed by atoms with Crippen LogP contribution >= 0.6 is 11.8 Å². The van der Waals surface area contributed by atoms with Crippen LogP contribution in [0.2, 0.25) is 0 Å². The van der Waals surface area contributed by atoms with Crippen LogP contribution in [0.1, 0.15) is 26.7 Å². The summed E-state index contributed by atoms with van der Waals surface area (Å²) in [4.78, 5) is 11.6. The fourth-order valence-corrected chi connectivity index (χ4v) is 2.88. The Labute approximate surface area is 96.1 Å². The van der Waals surface area contributed by atoms with Crippen molar-refractivity contribution in [1.29, 1.82) is 0 Å². The largest absolute Gasteiger partial charge is 0.468 e. The molecule has 1 saturated carbocycles. The monoisotopic (exact) mass is 231 g/mol. The second-order valence-corrected chi connectivity index (χ2v) is 5.75. The van der Waals surface area contributed by atoms with E-state index in [1.807, 2.05) is 0 Å². The molecule has 1 fully saturated rings. The summed E-state index contributed by atoms with van der Waals surface area (Å²) in [6.45, 7) is 4.33. The van der Waals surface area contributed by atoms with Crippen LogP contribution < -0.4 is 5.73 Å². The van der Waals surface area contributed by atoms with E-state index in [2.05, 4.69) is 13.8 Å². The molecule has 4 heteroatoms. The van der Waals surface area contributed by atoms with E-state index in [-0.39, 0.29) is 5.97 Å². The van der Waals surface area contributed by atoms with Gasteiger partial charge in [-0.3, -0.25) is 4.79 Å². The molecule has 1 rings (SSSR count). The lowest BCUT2D eigenvalue weighted by Crippen LogP contribution is -2.53. The average Bonchev–Trinajstić information content (AvgIpc) is 2.98. The average molecular weight is 231 g/mol. The Morgan fingerprint density at radius 3 is 2.60 bits per heavy atom. The van der Waals surface area contributed by atoms with Gasteiger partial charge in [0.1, 0.15) is 5.54 Å². The van der Waals surface area contributed by atoms with E-state index >= 15 is 0 Å². The first-order valence-electron chi connectivity index (χ1n) is 5.45. The first-order chi connectivity index (χ1) is 7.00. The Morgan fingerprint density at radius 2 is 2.20 bits per heavy atom. The topological polar surface area (TPSA) is 52.3 Å². The van der Waals surface area contributed by atoms with Gasteiger partial charge in [-0.15, -0.1) is 0 Å². The number of carbonyl (C=O) groups excluding carboxylic acids is 1. The lowest BCUT2D eigenvalue weighted by molar-refractivity contribution is -0.146. The number of carbonyl (C=O) groups is 1. The number of hydrogen-bond acceptors (Lipinski definition) is 4. The van der Waals surface area contributed by atoms with Gasteiger partial charge in [-0.1, -0.05) is 13.8 Å². The summed E-state index contributed by atoms with van der Waals surface area (Å²) < 4.78 is 4.80. The van der Waals surface area contributed by atoms with Crippen LogP contribution in [-0.4, -0.2) is 30.1 Å². The smallest absolute Gasteiger partial charge is 0.326 e. The van der Waals surface area contributed by atoms with Crippen molar-refractivity contribution < 1.29 is 9.53 Å². The molecule has 0 aromatic rings. The van der Waals surface area contributed by atoms with Crippen LogP contribution in [0.4, 0.5) is 0 Å². The molecule has 0 saturated heterocycles. The lowest BCUT2D eigenvalue weighted by atomic mass is 9.97. The molecule has 0 aromatic heterocycles. The minimum atomic E-state index is -0.742. The highest BCUT2D eigenvalue weighted by molar-refractivity contribution is 7.99. The second kappa shape index (κ2) is 5.21. The maximum Gasteiger partial charge on any atom is 0.326 e. The number of ether oxygens (including phenoxy) is 1. The van der Waals surface area contributed by atoms with E-state index in [1.54, 1.807) is 11.8 Å². The molecule has 2 N–H and O–H groups in total. The molecule has 1 aliphatic carbocycles. The van der Waals surface area contributed by atoms with Gasteiger partial charge in [-0.25, -0.2) is 0 Å². The Bertz CT molecular complexity index is 229. The fraction of sp³-hybridized carbons (Fsp3) is 0.909. The Morgan fingerprint density at radius 1 is 1.60 bits per heavy atom. The highest BCUT2D eigenvalue weighted by Gasteiger charge is 2.48. The van der Waals surface area contributed by atoms with Gasteiger partial charge >= 0.3 is 5.97 Å². The van der Waals surface area contributed by atoms with Gasteiger partial charge in [0.05, 0.1) is 7.11 Å². The number of nitrogens with two attached hydrogens (primary N) is 1. The molecule has 0 aliphatic heterocycles. The summed E-state index contributed by atoms with van der Waals surface area (Å²) in [7, 11) is 1.42. The van der Waals surface area contributed by atoms with Crippen LogP contribution in [0.3, 0.4) is 0 Å². The van der Waals surface area contributed by atoms with Gasteiger partial charge in [0, 0.05) is 5.75 Å². The van der Waals surface area contributed by atoms with Crippen LogP contribution in [0.15, 0.2) is 0 Å². The van der Waals surface area contributed by atoms with Crippen LogP contribution in [0.25, 0.3) is 0 Å². The Balaban J connectivity index is 2.46. The van der Waals surface area contributed by atoms with Crippen molar-refractivity contribution >= 4 is 17.7 Å². The number of esters is 1. The molecule has 3 nitrogen and oxygen atoms in total. The molecule has 0 spiro atoms. The predicted molar refractivity (Wildman–Crippen MR) is 63.8 cm³/mol. The van der Waals surface area contributed by atoms with Gasteiger partial charge in [-0.05, 0) is 30.4 Å². The summed E-state index contributed by atoms with van der Waals surface area (Å²) in [5.41, 5.74) is 5.41. The molecule has 0 heterocycles. The van der Waals surface area contributed by atoms with Gasteiger partial charge in [0.2, 0.25) is 0 Å². The van der Waals surface area contributed by atoms with E-state index in [1.165, 1.54) is 7.11 Å². The van der Waals surface area contributed by atoms with Crippen molar-refractivity contribution in [3.8, 4) is 0 Å². The van der Waals surface area contributed by atoms with E-state index < -0.39 is 5.54 Å². The Kier molecular flexibility index (Phi) is 4.46. The van der Waals surface area contributed by atoms with Crippen LogP contribution in [0.5, 0.6) is 0 Å². The molecule has 0 bridgehead atoms. The number of methoxy groups -OCH3 is 1. The normalized spacial score (nSPS) is 20.1. The van der Waals surface area contributed by atoms with E-state index in [9.17, 15) is 4.79 Å². The highest BCUT2D eigenvalue weighted by atomic mass is 32.2. The first kappa shape index (κ1) is 12.8. The third-order valence-electron chi connectivity index (χ3n) is 2.66. The van der Waals surface area contributed by atoms with Gasteiger partial charge in [-0.2, -0.15) is 11.8 Å². The number of hydrogen-bond donors (Lipinski definition) is 1. The van der Waals surface area contributed by atoms with Crippen molar-refractivity contribution in [3.63, 3.8) is 0 Å². The highest BCUT2D eigenvalue weighted by Crippen LogP contribution is 2.40. The fourth-order valence-electron chi connectivity index (χ4n) is 1.60. The van der Waals surface area contributed by atoms with E-state index in [0.29, 0.717) is 17.6 Å². The third kappa shape index (κ3) is 3.38. The summed E-state index contributed by atoms with van der Waals surface area (Å²) >= 11 is 1.75. The number of thioether (sulfide) groups is 1. The maximum absolute atomic E-state index is 11.6. The lowest BCUT2D eigenvalue weighted by Gasteiger charge is -2.26. The molecular formula is C11H21NO2S. The van der Waals surface area contributed by atoms with Crippen molar-refractivity contribution in [2.45, 2.75) is 32.2 Å². The van der Waals surface area contributed by atoms with Gasteiger partial charge in [0.25, 0.3) is 0 Å². The van der Waals surface area contributed by atoms with Crippen molar-refractivity contribution in [2.75, 3.05) is 18.6 Å². The minimum absolute atomic E-state index is 0.249. The molecule has 0 amide bonds. The van der Waals surface area contributed by atoms with Crippen molar-refractivity contribution in [1.82, 2.24) is 0 Å². The zero-order valence-corrected chi connectivity index (χ0v) is 10.6. The molecule has 0 radical (unpaired) electrons. The van der Waals surface area contributed by atoms with Crippen molar-refractivity contribution in [3.05, 3.63) is 0 Å². The zero-order chi connectivity index (χ0) is 11.5. The van der Waals surface area contributed by atoms with E-state index in [0.717, 1.165) is 18.6 Å². The molecule has 1 unspecified atom stereocenters. The molecule has 88 valence electrons. The first-order valence-corrected chi connectivity index (χ1v) is 6.61. The quantitative estimate of drug-likeness (QED) is 0.706. The van der Waals surface area contributed by atoms with E-state index in [4.69, 9.17) is 10.5 Å². The third-order valence-corrected chi connectivity index (χ3v) is 4.25. The summed E-state index contributed by atoms with van der Waals surface area (Å²) in [6, 6.07) is 0. The SMILES string of the molecule is COC(=O)C(N)(CSCC(C)C)C1CC1. The second-order valence-electron chi connectivity index (χ2n) is 4.72. The van der Waals surface area contributed by atoms with Gasteiger partial charge < -0.3 is 10.5 Å². The summed E-state index contributed by atoms with van der Waals surface area (Å²) in [5.74, 6) is 2.45. The standard InChI is InChI=1S/C11H21NO2S/c1-8(2)6-15-7-11(12,9-4-5-9)10(13)14-3/h8-9H,4-7,12H2,1-3H3. The van der Waals surface area contributed by atoms with Crippen molar-refractivity contribution in [2.24, 2.45) is 17.6 Å². The number of rotatable bonds is 6. The minimum Gasteiger partial charge on any atom is -0.468 e. The van der Waals surface area contributed by atoms with Crippen LogP contribution in [0, 0.1) is 11.8 Å². The summed E-state index contributed by atoms with van der Waals surface area (Å²) in [5, 5.41) is 0.